The van der Waals surface area contributed by atoms with Crippen molar-refractivity contribution in [1.29, 1.82) is 0 Å². The van der Waals surface area contributed by atoms with Crippen LogP contribution in [0, 0.1) is 0 Å². The van der Waals surface area contributed by atoms with Crippen LogP contribution < -0.4 is 5.73 Å². The molecule has 1 aliphatic heterocycles. The van der Waals surface area contributed by atoms with E-state index < -0.39 is 15.4 Å². The maximum atomic E-state index is 11.9. The molecule has 0 atom stereocenters. The molecule has 8 nitrogen and oxygen atoms in total. The van der Waals surface area contributed by atoms with E-state index in [1.54, 1.807) is 4.90 Å². The van der Waals surface area contributed by atoms with E-state index in [1.165, 1.54) is 0 Å². The van der Waals surface area contributed by atoms with Crippen LogP contribution in [-0.2, 0) is 14.6 Å². The van der Waals surface area contributed by atoms with Crippen molar-refractivity contribution in [2.24, 2.45) is 10.7 Å². The number of carbonyl (C=O) groups excluding carboxylic acids is 1. The Balaban J connectivity index is 0.00000484. The fourth-order valence-corrected chi connectivity index (χ4v) is 2.29. The molecule has 23 heavy (non-hydrogen) atoms. The molecule has 0 unspecified atom stereocenters. The van der Waals surface area contributed by atoms with Crippen LogP contribution in [0.3, 0.4) is 0 Å². The first-order valence-electron chi connectivity index (χ1n) is 7.18. The molecule has 10 heteroatoms. The third-order valence-electron chi connectivity index (χ3n) is 2.99. The summed E-state index contributed by atoms with van der Waals surface area (Å²) in [5, 5.41) is 0. The molecule has 0 saturated carbocycles. The van der Waals surface area contributed by atoms with Crippen LogP contribution in [-0.4, -0.2) is 80.6 Å². The highest BCUT2D eigenvalue weighted by atomic mass is 127. The van der Waals surface area contributed by atoms with Crippen LogP contribution in [0.15, 0.2) is 4.99 Å². The van der Waals surface area contributed by atoms with Gasteiger partial charge in [-0.05, 0) is 20.8 Å². The zero-order valence-corrected chi connectivity index (χ0v) is 17.3. The Morgan fingerprint density at radius 2 is 1.65 bits per heavy atom. The summed E-state index contributed by atoms with van der Waals surface area (Å²) in [6.45, 7) is 7.72. The Morgan fingerprint density at radius 1 is 1.17 bits per heavy atom. The first-order valence-corrected chi connectivity index (χ1v) is 9.24. The maximum absolute atomic E-state index is 11.9. The second-order valence-electron chi connectivity index (χ2n) is 6.32. The van der Waals surface area contributed by atoms with Crippen molar-refractivity contribution < 1.29 is 17.9 Å². The van der Waals surface area contributed by atoms with E-state index in [0.717, 1.165) is 6.26 Å². The molecule has 1 amide bonds. The summed E-state index contributed by atoms with van der Waals surface area (Å²) in [5.74, 6) is 0.290. The van der Waals surface area contributed by atoms with Gasteiger partial charge in [-0.25, -0.2) is 13.2 Å². The molecule has 0 bridgehead atoms. The number of carbonyl (C=O) groups is 1. The number of guanidine groups is 1. The Hall–Kier alpha value is -0.780. The number of hydrogen-bond donors (Lipinski definition) is 1. The number of ether oxygens (including phenoxy) is 1. The van der Waals surface area contributed by atoms with Crippen LogP contribution in [0.25, 0.3) is 0 Å². The quantitative estimate of drug-likeness (QED) is 0.373. The lowest BCUT2D eigenvalue weighted by Crippen LogP contribution is -2.53. The highest BCUT2D eigenvalue weighted by Gasteiger charge is 2.26. The number of hydrogen-bond acceptors (Lipinski definition) is 5. The molecule has 136 valence electrons. The van der Waals surface area contributed by atoms with Gasteiger partial charge in [0.15, 0.2) is 5.96 Å². The number of rotatable bonds is 3. The standard InChI is InChI=1S/C13H26N4O4S.HI/c1-13(2,3)21-12(18)17-8-6-16(7-9-17)11(14)15-5-10-22(4,19)20;/h5-10H2,1-4H3,(H2,14,15);1H. The molecule has 2 N–H and O–H groups in total. The third kappa shape index (κ3) is 9.18. The summed E-state index contributed by atoms with van der Waals surface area (Å²) in [6, 6.07) is 0. The van der Waals surface area contributed by atoms with Crippen LogP contribution in [0.4, 0.5) is 4.79 Å². The van der Waals surface area contributed by atoms with Crippen LogP contribution in [0.1, 0.15) is 20.8 Å². The SMILES string of the molecule is CC(C)(C)OC(=O)N1CCN(C(N)=NCCS(C)(=O)=O)CC1.I. The summed E-state index contributed by atoms with van der Waals surface area (Å²) in [6.07, 6.45) is 0.831. The monoisotopic (exact) mass is 462 g/mol. The lowest BCUT2D eigenvalue weighted by Gasteiger charge is -2.36. The number of sulfone groups is 1. The summed E-state index contributed by atoms with van der Waals surface area (Å²) < 4.78 is 27.4. The number of nitrogens with zero attached hydrogens (tertiary/aromatic N) is 3. The van der Waals surface area contributed by atoms with Crippen LogP contribution >= 0.6 is 24.0 Å². The molecule has 0 aromatic heterocycles. The van der Waals surface area contributed by atoms with Gasteiger partial charge in [0.25, 0.3) is 0 Å². The van der Waals surface area contributed by atoms with Gasteiger partial charge in [0.05, 0.1) is 12.3 Å². The van der Waals surface area contributed by atoms with Gasteiger partial charge in [0, 0.05) is 32.4 Å². The number of piperazine rings is 1. The smallest absolute Gasteiger partial charge is 0.410 e. The topological polar surface area (TPSA) is 105 Å². The fourth-order valence-electron chi connectivity index (χ4n) is 1.87. The van der Waals surface area contributed by atoms with Gasteiger partial charge in [0.1, 0.15) is 15.4 Å². The van der Waals surface area contributed by atoms with E-state index in [-0.39, 0.29) is 42.4 Å². The van der Waals surface area contributed by atoms with Crippen LogP contribution in [0.2, 0.25) is 0 Å². The van der Waals surface area contributed by atoms with E-state index in [1.807, 2.05) is 25.7 Å². The Labute approximate surface area is 155 Å². The largest absolute Gasteiger partial charge is 0.444 e. The van der Waals surface area contributed by atoms with Gasteiger partial charge >= 0.3 is 6.09 Å². The van der Waals surface area contributed by atoms with Gasteiger partial charge in [-0.3, -0.25) is 4.99 Å². The van der Waals surface area contributed by atoms with Gasteiger partial charge < -0.3 is 20.3 Å². The minimum absolute atomic E-state index is 0. The molecule has 1 saturated heterocycles. The second kappa shape index (κ2) is 8.90. The van der Waals surface area contributed by atoms with Crippen molar-refractivity contribution in [2.75, 3.05) is 44.7 Å². The minimum atomic E-state index is -3.04. The number of aliphatic imine (C=N–C) groups is 1. The van der Waals surface area contributed by atoms with E-state index in [0.29, 0.717) is 32.1 Å². The summed E-state index contributed by atoms with van der Waals surface area (Å²) in [5.41, 5.74) is 5.33. The average Bonchev–Trinajstić information content (AvgIpc) is 2.35. The Morgan fingerprint density at radius 3 is 2.09 bits per heavy atom. The average molecular weight is 462 g/mol. The predicted molar refractivity (Wildman–Crippen MR) is 101 cm³/mol. The highest BCUT2D eigenvalue weighted by Crippen LogP contribution is 2.11. The first-order chi connectivity index (χ1) is 9.98. The Bertz CT molecular complexity index is 523. The molecule has 1 fully saturated rings. The summed E-state index contributed by atoms with van der Waals surface area (Å²) in [4.78, 5) is 19.5. The van der Waals surface area contributed by atoms with Crippen molar-refractivity contribution in [3.63, 3.8) is 0 Å². The van der Waals surface area contributed by atoms with Gasteiger partial charge in [-0.1, -0.05) is 0 Å². The molecule has 1 aliphatic rings. The van der Waals surface area contributed by atoms with Crippen molar-refractivity contribution in [1.82, 2.24) is 9.80 Å². The van der Waals surface area contributed by atoms with Crippen molar-refractivity contribution >= 4 is 45.9 Å². The zero-order valence-electron chi connectivity index (χ0n) is 14.1. The summed E-state index contributed by atoms with van der Waals surface area (Å²) in [7, 11) is -3.04. The molecule has 1 rings (SSSR count). The predicted octanol–water partition coefficient (Wildman–Crippen LogP) is 0.516. The van der Waals surface area contributed by atoms with Gasteiger partial charge in [-0.15, -0.1) is 24.0 Å². The molecular weight excluding hydrogens is 435 g/mol. The normalized spacial score (nSPS) is 16.8. The second-order valence-corrected chi connectivity index (χ2v) is 8.58. The van der Waals surface area contributed by atoms with Crippen LogP contribution in [0.5, 0.6) is 0 Å². The van der Waals surface area contributed by atoms with Crippen molar-refractivity contribution in [3.8, 4) is 0 Å². The third-order valence-corrected chi connectivity index (χ3v) is 3.92. The number of halogens is 1. The van der Waals surface area contributed by atoms with E-state index in [4.69, 9.17) is 10.5 Å². The molecule has 0 aromatic carbocycles. The lowest BCUT2D eigenvalue weighted by atomic mass is 10.2. The first kappa shape index (κ1) is 22.2. The van der Waals surface area contributed by atoms with Crippen molar-refractivity contribution in [2.45, 2.75) is 26.4 Å². The van der Waals surface area contributed by atoms with E-state index in [2.05, 4.69) is 4.99 Å². The minimum Gasteiger partial charge on any atom is -0.444 e. The number of amides is 1. The maximum Gasteiger partial charge on any atom is 0.410 e. The summed E-state index contributed by atoms with van der Waals surface area (Å²) >= 11 is 0. The van der Waals surface area contributed by atoms with Crippen molar-refractivity contribution in [3.05, 3.63) is 0 Å². The Kier molecular flexibility index (Phi) is 8.60. The van der Waals surface area contributed by atoms with Gasteiger partial charge in [-0.2, -0.15) is 0 Å². The zero-order chi connectivity index (χ0) is 17.0. The molecule has 0 aliphatic carbocycles. The highest BCUT2D eigenvalue weighted by molar-refractivity contribution is 14.0. The molecular formula is C13H27IN4O4S. The fraction of sp³-hybridized carbons (Fsp3) is 0.846. The lowest BCUT2D eigenvalue weighted by molar-refractivity contribution is 0.0186. The molecule has 1 heterocycles. The van der Waals surface area contributed by atoms with E-state index in [9.17, 15) is 13.2 Å². The van der Waals surface area contributed by atoms with E-state index >= 15 is 0 Å². The molecule has 0 spiro atoms. The number of nitrogens with two attached hydrogens (primary N) is 1. The molecule has 0 radical (unpaired) electrons. The van der Waals surface area contributed by atoms with Gasteiger partial charge in [0.2, 0.25) is 0 Å². The molecule has 0 aromatic rings.